The van der Waals surface area contributed by atoms with E-state index in [1.807, 2.05) is 30.4 Å². The Morgan fingerprint density at radius 1 is 1.25 bits per heavy atom. The van der Waals surface area contributed by atoms with E-state index in [0.29, 0.717) is 17.9 Å². The minimum absolute atomic E-state index is 0.0162. The molecule has 0 aromatic heterocycles. The molecule has 0 saturated carbocycles. The summed E-state index contributed by atoms with van der Waals surface area (Å²) in [7, 11) is 0. The second-order valence-corrected chi connectivity index (χ2v) is 7.62. The number of nitrogens with two attached hydrogens (primary N) is 1. The molecule has 2 aliphatic heterocycles. The smallest absolute Gasteiger partial charge is 0.270 e. The number of nitro groups is 1. The number of para-hydroxylation sites is 1. The molecule has 1 amide bonds. The molecule has 2 heterocycles. The molecule has 0 aliphatic carbocycles. The number of carbonyl (C=O) groups excluding carboxylic acids is 1. The number of primary amides is 1. The topological polar surface area (TPSA) is 98.7 Å². The average Bonchev–Trinajstić information content (AvgIpc) is 2.84. The molecule has 144 valence electrons. The number of nitro benzene ring substituents is 1. The summed E-state index contributed by atoms with van der Waals surface area (Å²) in [6.45, 7) is 4.59. The fourth-order valence-corrected chi connectivity index (χ4v) is 4.21. The van der Waals surface area contributed by atoms with Crippen molar-refractivity contribution in [1.82, 2.24) is 0 Å². The van der Waals surface area contributed by atoms with Crippen LogP contribution in [0.4, 0.5) is 11.4 Å². The quantitative estimate of drug-likeness (QED) is 0.649. The molecule has 1 spiro atoms. The highest BCUT2D eigenvalue weighted by Gasteiger charge is 2.58. The first-order chi connectivity index (χ1) is 13.3. The van der Waals surface area contributed by atoms with E-state index in [2.05, 4.69) is 24.8 Å². The van der Waals surface area contributed by atoms with Gasteiger partial charge in [0.1, 0.15) is 5.75 Å². The molecule has 7 heteroatoms. The zero-order chi connectivity index (χ0) is 20.1. The SMILES string of the molecule is CC1(C)c2ccccc2N(CCC(N)=O)[C@@]12C=Cc1cc([N+](=O)[O-])ccc1O2. The summed E-state index contributed by atoms with van der Waals surface area (Å²) in [5, 5.41) is 11.1. The van der Waals surface area contributed by atoms with Crippen molar-refractivity contribution in [3.05, 3.63) is 69.8 Å². The third-order valence-electron chi connectivity index (χ3n) is 5.71. The van der Waals surface area contributed by atoms with Gasteiger partial charge in [0.2, 0.25) is 11.6 Å². The number of anilines is 1. The van der Waals surface area contributed by atoms with Gasteiger partial charge in [0.15, 0.2) is 0 Å². The summed E-state index contributed by atoms with van der Waals surface area (Å²) in [6.07, 6.45) is 3.98. The molecule has 2 aliphatic rings. The molecule has 2 aromatic carbocycles. The van der Waals surface area contributed by atoms with E-state index < -0.39 is 16.1 Å². The lowest BCUT2D eigenvalue weighted by atomic mass is 9.76. The molecule has 7 nitrogen and oxygen atoms in total. The van der Waals surface area contributed by atoms with E-state index in [-0.39, 0.29) is 18.0 Å². The van der Waals surface area contributed by atoms with Gasteiger partial charge in [-0.3, -0.25) is 14.9 Å². The number of hydrogen-bond acceptors (Lipinski definition) is 5. The number of fused-ring (bicyclic) bond motifs is 2. The first kappa shape index (κ1) is 18.0. The average molecular weight is 379 g/mol. The maximum atomic E-state index is 11.5. The highest BCUT2D eigenvalue weighted by atomic mass is 16.6. The fourth-order valence-electron chi connectivity index (χ4n) is 4.21. The minimum atomic E-state index is -0.866. The summed E-state index contributed by atoms with van der Waals surface area (Å²) in [6, 6.07) is 12.6. The van der Waals surface area contributed by atoms with Crippen LogP contribution in [0.3, 0.4) is 0 Å². The summed E-state index contributed by atoms with van der Waals surface area (Å²) in [4.78, 5) is 24.2. The van der Waals surface area contributed by atoms with Crippen molar-refractivity contribution in [2.45, 2.75) is 31.4 Å². The summed E-state index contributed by atoms with van der Waals surface area (Å²) >= 11 is 0. The van der Waals surface area contributed by atoms with Gasteiger partial charge in [0.25, 0.3) is 5.69 Å². The minimum Gasteiger partial charge on any atom is -0.463 e. The third-order valence-corrected chi connectivity index (χ3v) is 5.71. The second kappa shape index (κ2) is 6.09. The number of ether oxygens (including phenoxy) is 1. The summed E-state index contributed by atoms with van der Waals surface area (Å²) < 4.78 is 6.52. The van der Waals surface area contributed by atoms with Crippen molar-refractivity contribution in [2.75, 3.05) is 11.4 Å². The Labute approximate surface area is 162 Å². The number of non-ortho nitro benzene ring substituents is 1. The van der Waals surface area contributed by atoms with Crippen molar-refractivity contribution in [2.24, 2.45) is 5.73 Å². The number of rotatable bonds is 4. The van der Waals surface area contributed by atoms with E-state index in [0.717, 1.165) is 11.3 Å². The van der Waals surface area contributed by atoms with Gasteiger partial charge in [-0.15, -0.1) is 0 Å². The van der Waals surface area contributed by atoms with Gasteiger partial charge in [-0.05, 0) is 43.7 Å². The van der Waals surface area contributed by atoms with E-state index in [1.165, 1.54) is 12.1 Å². The molecule has 2 N–H and O–H groups in total. The Morgan fingerprint density at radius 3 is 2.71 bits per heavy atom. The number of hydrogen-bond donors (Lipinski definition) is 1. The zero-order valence-corrected chi connectivity index (χ0v) is 15.7. The van der Waals surface area contributed by atoms with Crippen LogP contribution in [0.5, 0.6) is 5.75 Å². The molecule has 1 atom stereocenters. The Bertz CT molecular complexity index is 1010. The van der Waals surface area contributed by atoms with Crippen LogP contribution >= 0.6 is 0 Å². The molecule has 0 bridgehead atoms. The number of amides is 1. The Hall–Kier alpha value is -3.35. The number of carbonyl (C=O) groups is 1. The lowest BCUT2D eigenvalue weighted by Gasteiger charge is -2.47. The van der Waals surface area contributed by atoms with Crippen molar-refractivity contribution < 1.29 is 14.5 Å². The summed E-state index contributed by atoms with van der Waals surface area (Å²) in [5.41, 5.74) is 6.88. The fraction of sp³-hybridized carbons (Fsp3) is 0.286. The molecule has 0 unspecified atom stereocenters. The van der Waals surface area contributed by atoms with E-state index in [1.54, 1.807) is 6.07 Å². The highest BCUT2D eigenvalue weighted by molar-refractivity contribution is 5.77. The molecule has 0 saturated heterocycles. The third kappa shape index (κ3) is 2.46. The van der Waals surface area contributed by atoms with E-state index >= 15 is 0 Å². The van der Waals surface area contributed by atoms with Crippen molar-refractivity contribution in [3.63, 3.8) is 0 Å². The maximum absolute atomic E-state index is 11.5. The van der Waals surface area contributed by atoms with Gasteiger partial charge in [0.05, 0.1) is 10.3 Å². The van der Waals surface area contributed by atoms with Gasteiger partial charge < -0.3 is 15.4 Å². The second-order valence-electron chi connectivity index (χ2n) is 7.62. The highest BCUT2D eigenvalue weighted by Crippen LogP contribution is 2.54. The Kier molecular flexibility index (Phi) is 3.92. The largest absolute Gasteiger partial charge is 0.463 e. The van der Waals surface area contributed by atoms with Gasteiger partial charge in [-0.25, -0.2) is 0 Å². The van der Waals surface area contributed by atoms with Gasteiger partial charge in [-0.1, -0.05) is 18.2 Å². The van der Waals surface area contributed by atoms with Gasteiger partial charge in [-0.2, -0.15) is 0 Å². The maximum Gasteiger partial charge on any atom is 0.270 e. The van der Waals surface area contributed by atoms with Crippen LogP contribution < -0.4 is 15.4 Å². The number of nitrogens with zero attached hydrogens (tertiary/aromatic N) is 2. The monoisotopic (exact) mass is 379 g/mol. The molecule has 28 heavy (non-hydrogen) atoms. The van der Waals surface area contributed by atoms with E-state index in [4.69, 9.17) is 10.5 Å². The van der Waals surface area contributed by atoms with Crippen molar-refractivity contribution in [1.29, 1.82) is 0 Å². The van der Waals surface area contributed by atoms with Crippen LogP contribution in [0, 0.1) is 10.1 Å². The molecule has 4 rings (SSSR count). The van der Waals surface area contributed by atoms with Gasteiger partial charge >= 0.3 is 0 Å². The van der Waals surface area contributed by atoms with Crippen molar-refractivity contribution in [3.8, 4) is 5.75 Å². The molecular weight excluding hydrogens is 358 g/mol. The Morgan fingerprint density at radius 2 is 2.00 bits per heavy atom. The normalized spacial score (nSPS) is 21.1. The van der Waals surface area contributed by atoms with Crippen LogP contribution in [0.2, 0.25) is 0 Å². The van der Waals surface area contributed by atoms with E-state index in [9.17, 15) is 14.9 Å². The predicted octanol–water partition coefficient (Wildman–Crippen LogP) is 3.37. The van der Waals surface area contributed by atoms with Crippen LogP contribution in [0.25, 0.3) is 6.08 Å². The molecule has 0 radical (unpaired) electrons. The van der Waals surface area contributed by atoms with Crippen molar-refractivity contribution >= 4 is 23.4 Å². The lowest BCUT2D eigenvalue weighted by molar-refractivity contribution is -0.384. The van der Waals surface area contributed by atoms with Crippen LogP contribution in [0.15, 0.2) is 48.5 Å². The van der Waals surface area contributed by atoms with Gasteiger partial charge in [0, 0.05) is 36.3 Å². The summed E-state index contributed by atoms with van der Waals surface area (Å²) in [5.74, 6) is 0.186. The zero-order valence-electron chi connectivity index (χ0n) is 15.7. The standard InChI is InChI=1S/C21H21N3O4/c1-20(2)16-5-3-4-6-17(16)23(12-10-19(22)25)21(20)11-9-14-13-15(24(26)27)7-8-18(14)28-21/h3-9,11,13H,10,12H2,1-2H3,(H2,22,25)/t21-/m1/s1. The first-order valence-electron chi connectivity index (χ1n) is 9.08. The Balaban J connectivity index is 1.83. The van der Waals surface area contributed by atoms with Crippen LogP contribution in [-0.2, 0) is 10.2 Å². The molecule has 2 aromatic rings. The lowest BCUT2D eigenvalue weighted by Crippen LogP contribution is -2.60. The van der Waals surface area contributed by atoms with Crippen LogP contribution in [0.1, 0.15) is 31.4 Å². The number of benzene rings is 2. The molecule has 0 fully saturated rings. The first-order valence-corrected chi connectivity index (χ1v) is 9.08. The molecular formula is C21H21N3O4. The van der Waals surface area contributed by atoms with Crippen LogP contribution in [-0.4, -0.2) is 23.1 Å². The predicted molar refractivity (Wildman–Crippen MR) is 106 cm³/mol.